The van der Waals surface area contributed by atoms with E-state index < -0.39 is 6.09 Å². The van der Waals surface area contributed by atoms with Gasteiger partial charge in [-0.05, 0) is 18.8 Å². The first kappa shape index (κ1) is 7.34. The molecule has 1 aliphatic carbocycles. The Labute approximate surface area is 59.0 Å². The first-order valence-corrected chi connectivity index (χ1v) is 3.29. The van der Waals surface area contributed by atoms with Crippen LogP contribution in [0.3, 0.4) is 0 Å². The van der Waals surface area contributed by atoms with Gasteiger partial charge in [-0.1, -0.05) is 0 Å². The fourth-order valence-corrected chi connectivity index (χ4v) is 1.04. The second kappa shape index (κ2) is 2.88. The van der Waals surface area contributed by atoms with Crippen LogP contribution in [0.25, 0.3) is 0 Å². The topological polar surface area (TPSA) is 72.6 Å². The number of nitrogens with two attached hydrogens (primary N) is 1. The highest BCUT2D eigenvalue weighted by atomic mass is 16.5. The lowest BCUT2D eigenvalue weighted by Gasteiger charge is -2.30. The fourth-order valence-electron chi connectivity index (χ4n) is 1.04. The molecule has 0 aromatic heterocycles. The molecule has 4 nitrogen and oxygen atoms in total. The van der Waals surface area contributed by atoms with Crippen LogP contribution in [0.15, 0.2) is 0 Å². The van der Waals surface area contributed by atoms with Crippen molar-refractivity contribution in [3.8, 4) is 0 Å². The highest BCUT2D eigenvalue weighted by Crippen LogP contribution is 2.26. The number of rotatable bonds is 2. The van der Waals surface area contributed by atoms with Gasteiger partial charge in [0.05, 0.1) is 12.7 Å². The smallest absolute Gasteiger partial charge is 0.404 e. The molecule has 1 saturated carbocycles. The van der Waals surface area contributed by atoms with Crippen molar-refractivity contribution >= 4 is 6.09 Å². The molecular weight excluding hydrogens is 134 g/mol. The maximum Gasteiger partial charge on any atom is 0.404 e. The molecule has 0 heterocycles. The first-order chi connectivity index (χ1) is 4.68. The van der Waals surface area contributed by atoms with Crippen molar-refractivity contribution in [3.63, 3.8) is 0 Å². The maximum absolute atomic E-state index is 10.1. The van der Waals surface area contributed by atoms with Gasteiger partial charge in [-0.25, -0.2) is 4.79 Å². The summed E-state index contributed by atoms with van der Waals surface area (Å²) < 4.78 is 4.52. The minimum absolute atomic E-state index is 0.193. The van der Waals surface area contributed by atoms with Gasteiger partial charge in [0.15, 0.2) is 0 Å². The average molecular weight is 145 g/mol. The summed E-state index contributed by atoms with van der Waals surface area (Å²) in [4.78, 5) is 10.1. The zero-order valence-electron chi connectivity index (χ0n) is 5.62. The second-order valence-electron chi connectivity index (χ2n) is 2.62. The SMILES string of the molecule is NC(=O)OC[C@H]1C[C@H](O)C1. The van der Waals surface area contributed by atoms with Crippen LogP contribution in [0.5, 0.6) is 0 Å². The molecule has 0 atom stereocenters. The van der Waals surface area contributed by atoms with Crippen molar-refractivity contribution in [2.24, 2.45) is 11.7 Å². The van der Waals surface area contributed by atoms with E-state index in [1.54, 1.807) is 0 Å². The van der Waals surface area contributed by atoms with Crippen molar-refractivity contribution in [3.05, 3.63) is 0 Å². The second-order valence-corrected chi connectivity index (χ2v) is 2.62. The third-order valence-electron chi connectivity index (χ3n) is 1.67. The Morgan fingerprint density at radius 3 is 2.70 bits per heavy atom. The third kappa shape index (κ3) is 1.88. The Bertz CT molecular complexity index is 131. The van der Waals surface area contributed by atoms with Gasteiger partial charge < -0.3 is 15.6 Å². The monoisotopic (exact) mass is 145 g/mol. The quantitative estimate of drug-likeness (QED) is 0.567. The molecule has 10 heavy (non-hydrogen) atoms. The van der Waals surface area contributed by atoms with Gasteiger partial charge in [-0.2, -0.15) is 0 Å². The summed E-state index contributed by atoms with van der Waals surface area (Å²) >= 11 is 0. The number of ether oxygens (including phenoxy) is 1. The molecule has 0 unspecified atom stereocenters. The first-order valence-electron chi connectivity index (χ1n) is 3.29. The van der Waals surface area contributed by atoms with Crippen LogP contribution in [-0.4, -0.2) is 23.9 Å². The van der Waals surface area contributed by atoms with Crippen molar-refractivity contribution in [1.29, 1.82) is 0 Å². The number of aliphatic hydroxyl groups excluding tert-OH is 1. The molecule has 58 valence electrons. The third-order valence-corrected chi connectivity index (χ3v) is 1.67. The van der Waals surface area contributed by atoms with Crippen LogP contribution >= 0.6 is 0 Å². The molecule has 1 aliphatic rings. The summed E-state index contributed by atoms with van der Waals surface area (Å²) in [5.74, 6) is 0.322. The minimum Gasteiger partial charge on any atom is -0.449 e. The Balaban J connectivity index is 2.00. The van der Waals surface area contributed by atoms with Crippen LogP contribution in [0.4, 0.5) is 4.79 Å². The van der Waals surface area contributed by atoms with Crippen molar-refractivity contribution in [1.82, 2.24) is 0 Å². The number of aliphatic hydroxyl groups is 1. The predicted molar refractivity (Wildman–Crippen MR) is 34.3 cm³/mol. The van der Waals surface area contributed by atoms with Crippen LogP contribution in [-0.2, 0) is 4.74 Å². The molecule has 0 spiro atoms. The molecule has 3 N–H and O–H groups in total. The zero-order chi connectivity index (χ0) is 7.56. The van der Waals surface area contributed by atoms with Gasteiger partial charge in [-0.15, -0.1) is 0 Å². The lowest BCUT2D eigenvalue weighted by atomic mass is 9.83. The van der Waals surface area contributed by atoms with Crippen molar-refractivity contribution in [2.45, 2.75) is 18.9 Å². The van der Waals surface area contributed by atoms with E-state index in [2.05, 4.69) is 4.74 Å². The van der Waals surface area contributed by atoms with E-state index in [-0.39, 0.29) is 6.10 Å². The van der Waals surface area contributed by atoms with E-state index in [0.717, 1.165) is 12.8 Å². The molecule has 1 fully saturated rings. The van der Waals surface area contributed by atoms with Gasteiger partial charge in [0.2, 0.25) is 0 Å². The van der Waals surface area contributed by atoms with Gasteiger partial charge >= 0.3 is 6.09 Å². The molecule has 0 bridgehead atoms. The molecule has 4 heteroatoms. The van der Waals surface area contributed by atoms with Crippen LogP contribution in [0, 0.1) is 5.92 Å². The summed E-state index contributed by atoms with van der Waals surface area (Å²) in [7, 11) is 0. The van der Waals surface area contributed by atoms with Gasteiger partial charge in [-0.3, -0.25) is 0 Å². The standard InChI is InChI=1S/C6H11NO3/c7-6(9)10-3-4-1-5(8)2-4/h4-5,8H,1-3H2,(H2,7,9)/t4-,5-. The molecular formula is C6H11NO3. The average Bonchev–Trinajstić information content (AvgIpc) is 1.77. The van der Waals surface area contributed by atoms with Crippen LogP contribution in [0.2, 0.25) is 0 Å². The minimum atomic E-state index is -0.735. The summed E-state index contributed by atoms with van der Waals surface area (Å²) in [5.41, 5.74) is 4.73. The number of carbonyl (C=O) groups is 1. The highest BCUT2D eigenvalue weighted by Gasteiger charge is 2.27. The van der Waals surface area contributed by atoms with Gasteiger partial charge in [0, 0.05) is 0 Å². The molecule has 1 amide bonds. The molecule has 0 aliphatic heterocycles. The summed E-state index contributed by atoms with van der Waals surface area (Å²) in [6, 6.07) is 0. The molecule has 0 saturated heterocycles. The Morgan fingerprint density at radius 1 is 1.70 bits per heavy atom. The normalized spacial score (nSPS) is 30.9. The van der Waals surface area contributed by atoms with Crippen LogP contribution in [0.1, 0.15) is 12.8 Å². The Hall–Kier alpha value is -0.770. The Morgan fingerprint density at radius 2 is 2.30 bits per heavy atom. The number of hydrogen-bond donors (Lipinski definition) is 2. The van der Waals surface area contributed by atoms with E-state index in [9.17, 15) is 4.79 Å². The van der Waals surface area contributed by atoms with E-state index in [1.165, 1.54) is 0 Å². The molecule has 1 rings (SSSR count). The predicted octanol–water partition coefficient (Wildman–Crippen LogP) is -0.147. The highest BCUT2D eigenvalue weighted by molar-refractivity contribution is 5.64. The van der Waals surface area contributed by atoms with Crippen LogP contribution < -0.4 is 5.73 Å². The number of amides is 1. The van der Waals surface area contributed by atoms with E-state index in [0.29, 0.717) is 12.5 Å². The fraction of sp³-hybridized carbons (Fsp3) is 0.833. The van der Waals surface area contributed by atoms with Gasteiger partial charge in [0.1, 0.15) is 0 Å². The molecule has 0 radical (unpaired) electrons. The van der Waals surface area contributed by atoms with Crippen molar-refractivity contribution in [2.75, 3.05) is 6.61 Å². The van der Waals surface area contributed by atoms with Gasteiger partial charge in [0.25, 0.3) is 0 Å². The lowest BCUT2D eigenvalue weighted by Crippen LogP contribution is -2.33. The van der Waals surface area contributed by atoms with E-state index in [4.69, 9.17) is 10.8 Å². The zero-order valence-corrected chi connectivity index (χ0v) is 5.62. The summed E-state index contributed by atoms with van der Waals surface area (Å²) in [6.07, 6.45) is 0.531. The largest absolute Gasteiger partial charge is 0.449 e. The summed E-state index contributed by atoms with van der Waals surface area (Å²) in [6.45, 7) is 0.354. The number of carbonyl (C=O) groups excluding carboxylic acids is 1. The Kier molecular flexibility index (Phi) is 2.11. The summed E-state index contributed by atoms with van der Waals surface area (Å²) in [5, 5.41) is 8.81. The van der Waals surface area contributed by atoms with E-state index >= 15 is 0 Å². The maximum atomic E-state index is 10.1. The molecule has 0 aromatic carbocycles. The lowest BCUT2D eigenvalue weighted by molar-refractivity contribution is 0.00987. The van der Waals surface area contributed by atoms with Crippen molar-refractivity contribution < 1.29 is 14.6 Å². The number of hydrogen-bond acceptors (Lipinski definition) is 3. The number of primary amides is 1. The molecule has 0 aromatic rings. The van der Waals surface area contributed by atoms with E-state index in [1.807, 2.05) is 0 Å².